The highest BCUT2D eigenvalue weighted by atomic mass is 32.2. The third-order valence-electron chi connectivity index (χ3n) is 6.20. The zero-order valence-corrected chi connectivity index (χ0v) is 20.2. The van der Waals surface area contributed by atoms with Gasteiger partial charge in [-0.1, -0.05) is 0 Å². The van der Waals surface area contributed by atoms with Gasteiger partial charge in [0.1, 0.15) is 11.6 Å². The van der Waals surface area contributed by atoms with E-state index in [0.717, 1.165) is 41.0 Å². The molecule has 1 aromatic heterocycles. The Morgan fingerprint density at radius 1 is 1.21 bits per heavy atom. The van der Waals surface area contributed by atoms with E-state index in [2.05, 4.69) is 4.98 Å². The van der Waals surface area contributed by atoms with Crippen molar-refractivity contribution in [2.75, 3.05) is 25.5 Å². The van der Waals surface area contributed by atoms with Crippen LogP contribution in [0.1, 0.15) is 36.7 Å². The summed E-state index contributed by atoms with van der Waals surface area (Å²) in [5.41, 5.74) is 3.91. The Balaban J connectivity index is 1.60. The van der Waals surface area contributed by atoms with Crippen LogP contribution in [-0.2, 0) is 34.2 Å². The van der Waals surface area contributed by atoms with Crippen LogP contribution in [0.4, 0.5) is 10.1 Å². The summed E-state index contributed by atoms with van der Waals surface area (Å²) in [7, 11) is -0.566. The quantitative estimate of drug-likeness (QED) is 0.549. The minimum absolute atomic E-state index is 0.0174. The van der Waals surface area contributed by atoms with Gasteiger partial charge in [0.05, 0.1) is 15.9 Å². The highest BCUT2D eigenvalue weighted by Gasteiger charge is 2.25. The van der Waals surface area contributed by atoms with E-state index in [4.69, 9.17) is 0 Å². The van der Waals surface area contributed by atoms with Gasteiger partial charge < -0.3 is 9.47 Å². The maximum Gasteiger partial charge on any atom is 0.242 e. The fourth-order valence-electron chi connectivity index (χ4n) is 4.60. The molecular formula is C24H29FN4O3S. The molecule has 0 aliphatic carbocycles. The smallest absolute Gasteiger partial charge is 0.242 e. The predicted octanol–water partition coefficient (Wildman–Crippen LogP) is 3.67. The van der Waals surface area contributed by atoms with E-state index in [1.54, 1.807) is 23.1 Å². The van der Waals surface area contributed by atoms with Crippen LogP contribution in [0.15, 0.2) is 35.2 Å². The van der Waals surface area contributed by atoms with Gasteiger partial charge in [-0.25, -0.2) is 22.1 Å². The zero-order valence-electron chi connectivity index (χ0n) is 19.4. The average molecular weight is 473 g/mol. The largest absolute Gasteiger partial charge is 0.328 e. The molecule has 1 amide bonds. The molecule has 0 N–H and O–H groups in total. The topological polar surface area (TPSA) is 75.5 Å². The number of aryl methyl sites for hydroxylation is 4. The normalized spacial score (nSPS) is 14.2. The second kappa shape index (κ2) is 8.87. The SMILES string of the molecule is CCn1c(CCC(=O)N2CCCc3cc(F)cc(C)c32)nc2cc(S(=O)(=O)N(C)C)ccc21. The number of amides is 1. The summed E-state index contributed by atoms with van der Waals surface area (Å²) in [6.07, 6.45) is 2.27. The molecule has 0 bridgehead atoms. The maximum absolute atomic E-state index is 13.8. The minimum Gasteiger partial charge on any atom is -0.328 e. The number of hydrogen-bond acceptors (Lipinski definition) is 4. The lowest BCUT2D eigenvalue weighted by Crippen LogP contribution is -2.36. The van der Waals surface area contributed by atoms with Crippen molar-refractivity contribution in [3.05, 3.63) is 53.1 Å². The van der Waals surface area contributed by atoms with E-state index in [1.807, 2.05) is 18.4 Å². The van der Waals surface area contributed by atoms with Crippen molar-refractivity contribution >= 4 is 32.7 Å². The van der Waals surface area contributed by atoms with Gasteiger partial charge in [-0.15, -0.1) is 0 Å². The van der Waals surface area contributed by atoms with Crippen molar-refractivity contribution in [2.45, 2.75) is 51.0 Å². The number of fused-ring (bicyclic) bond motifs is 2. The van der Waals surface area contributed by atoms with Gasteiger partial charge in [-0.05, 0) is 68.1 Å². The molecule has 0 unspecified atom stereocenters. The van der Waals surface area contributed by atoms with Crippen molar-refractivity contribution in [3.63, 3.8) is 0 Å². The van der Waals surface area contributed by atoms with E-state index in [1.165, 1.54) is 30.5 Å². The first kappa shape index (κ1) is 23.4. The van der Waals surface area contributed by atoms with Gasteiger partial charge in [0.2, 0.25) is 15.9 Å². The number of aromatic nitrogens is 2. The standard InChI is InChI=1S/C24H29FN4O3S/c1-5-28-21-9-8-19(33(31,32)27(3)4)15-20(21)26-22(28)10-11-23(30)29-12-6-7-17-14-18(25)13-16(2)24(17)29/h8-9,13-15H,5-7,10-12H2,1-4H3. The number of imidazole rings is 1. The minimum atomic E-state index is -3.56. The first-order valence-electron chi connectivity index (χ1n) is 11.1. The van der Waals surface area contributed by atoms with Gasteiger partial charge in [-0.3, -0.25) is 4.79 Å². The molecule has 3 aromatic rings. The van der Waals surface area contributed by atoms with Crippen molar-refractivity contribution in [3.8, 4) is 0 Å². The van der Waals surface area contributed by atoms with Crippen LogP contribution in [0.2, 0.25) is 0 Å². The number of sulfonamides is 1. The van der Waals surface area contributed by atoms with Crippen LogP contribution in [0.25, 0.3) is 11.0 Å². The predicted molar refractivity (Wildman–Crippen MR) is 126 cm³/mol. The first-order chi connectivity index (χ1) is 15.6. The maximum atomic E-state index is 13.8. The lowest BCUT2D eigenvalue weighted by Gasteiger charge is -2.31. The Morgan fingerprint density at radius 2 is 1.97 bits per heavy atom. The number of rotatable bonds is 6. The molecule has 0 radical (unpaired) electrons. The molecule has 4 rings (SSSR count). The molecule has 0 fully saturated rings. The molecule has 1 aliphatic rings. The van der Waals surface area contributed by atoms with E-state index in [9.17, 15) is 17.6 Å². The molecule has 0 saturated carbocycles. The van der Waals surface area contributed by atoms with Crippen molar-refractivity contribution in [1.29, 1.82) is 0 Å². The molecular weight excluding hydrogens is 443 g/mol. The van der Waals surface area contributed by atoms with Crippen LogP contribution in [0, 0.1) is 12.7 Å². The monoisotopic (exact) mass is 472 g/mol. The van der Waals surface area contributed by atoms with E-state index in [-0.39, 0.29) is 23.0 Å². The Morgan fingerprint density at radius 3 is 2.67 bits per heavy atom. The van der Waals surface area contributed by atoms with Gasteiger partial charge in [0, 0.05) is 45.7 Å². The van der Waals surface area contributed by atoms with Crippen LogP contribution in [0.3, 0.4) is 0 Å². The van der Waals surface area contributed by atoms with E-state index < -0.39 is 10.0 Å². The average Bonchev–Trinajstić information content (AvgIpc) is 3.13. The molecule has 176 valence electrons. The van der Waals surface area contributed by atoms with Crippen LogP contribution < -0.4 is 4.90 Å². The van der Waals surface area contributed by atoms with Crippen LogP contribution in [-0.4, -0.2) is 48.8 Å². The molecule has 7 nitrogen and oxygen atoms in total. The summed E-state index contributed by atoms with van der Waals surface area (Å²) in [5.74, 6) is 0.456. The molecule has 2 heterocycles. The van der Waals surface area contributed by atoms with E-state index in [0.29, 0.717) is 25.0 Å². The Hall–Kier alpha value is -2.78. The third-order valence-corrected chi connectivity index (χ3v) is 8.01. The molecule has 2 aromatic carbocycles. The lowest BCUT2D eigenvalue weighted by atomic mass is 9.97. The number of carbonyl (C=O) groups is 1. The lowest BCUT2D eigenvalue weighted by molar-refractivity contribution is -0.118. The summed E-state index contributed by atoms with van der Waals surface area (Å²) in [6.45, 7) is 5.11. The summed E-state index contributed by atoms with van der Waals surface area (Å²) >= 11 is 0. The molecule has 0 atom stereocenters. The summed E-state index contributed by atoms with van der Waals surface area (Å²) in [4.78, 5) is 19.8. The number of nitrogens with zero attached hydrogens (tertiary/aromatic N) is 4. The van der Waals surface area contributed by atoms with Gasteiger partial charge in [0.15, 0.2) is 0 Å². The zero-order chi connectivity index (χ0) is 23.9. The summed E-state index contributed by atoms with van der Waals surface area (Å²) in [6, 6.07) is 7.94. The number of carbonyl (C=O) groups excluding carboxylic acids is 1. The van der Waals surface area contributed by atoms with Crippen molar-refractivity contribution in [1.82, 2.24) is 13.9 Å². The second-order valence-corrected chi connectivity index (χ2v) is 10.7. The highest BCUT2D eigenvalue weighted by Crippen LogP contribution is 2.32. The molecule has 33 heavy (non-hydrogen) atoms. The van der Waals surface area contributed by atoms with Crippen molar-refractivity contribution < 1.29 is 17.6 Å². The highest BCUT2D eigenvalue weighted by molar-refractivity contribution is 7.89. The summed E-state index contributed by atoms with van der Waals surface area (Å²) in [5, 5.41) is 0. The second-order valence-electron chi connectivity index (χ2n) is 8.59. The molecule has 0 saturated heterocycles. The van der Waals surface area contributed by atoms with Crippen molar-refractivity contribution in [2.24, 2.45) is 0 Å². The molecule has 1 aliphatic heterocycles. The van der Waals surface area contributed by atoms with Crippen LogP contribution >= 0.6 is 0 Å². The van der Waals surface area contributed by atoms with Gasteiger partial charge >= 0.3 is 0 Å². The van der Waals surface area contributed by atoms with Crippen LogP contribution in [0.5, 0.6) is 0 Å². The summed E-state index contributed by atoms with van der Waals surface area (Å²) < 4.78 is 42.0. The number of anilines is 1. The fraction of sp³-hybridized carbons (Fsp3) is 0.417. The third kappa shape index (κ3) is 4.27. The number of hydrogen-bond donors (Lipinski definition) is 0. The molecule has 9 heteroatoms. The number of benzene rings is 2. The Kier molecular flexibility index (Phi) is 6.28. The van der Waals surface area contributed by atoms with Gasteiger partial charge in [0.25, 0.3) is 0 Å². The Bertz CT molecular complexity index is 1330. The fourth-order valence-corrected chi connectivity index (χ4v) is 5.52. The van der Waals surface area contributed by atoms with E-state index >= 15 is 0 Å². The molecule has 0 spiro atoms. The van der Waals surface area contributed by atoms with Gasteiger partial charge in [-0.2, -0.15) is 0 Å². The Labute approximate surface area is 193 Å². The number of halogens is 1. The first-order valence-corrected chi connectivity index (χ1v) is 12.6.